The molecule has 6 rings (SSSR count). The van der Waals surface area contributed by atoms with Crippen LogP contribution in [0.25, 0.3) is 33.0 Å². The van der Waals surface area contributed by atoms with Crippen LogP contribution in [-0.4, -0.2) is 0 Å². The molecule has 0 radical (unpaired) electrons. The Morgan fingerprint density at radius 2 is 1.03 bits per heavy atom. The maximum atomic E-state index is 2.44. The highest BCUT2D eigenvalue weighted by Gasteiger charge is 2.25. The largest absolute Gasteiger partial charge is 0.301 e. The van der Waals surface area contributed by atoms with Crippen molar-refractivity contribution in [3.8, 4) is 22.3 Å². The summed E-state index contributed by atoms with van der Waals surface area (Å²) >= 11 is 1.86. The van der Waals surface area contributed by atoms with Gasteiger partial charge < -0.3 is 4.90 Å². The Kier molecular flexibility index (Phi) is 7.49. The SMILES string of the molecule is CC.Cc1sc(N(c2ccccc2)c2cccc3ccccc23)c(-c2ccccc2)c1-c1ccccc1. The highest BCUT2D eigenvalue weighted by molar-refractivity contribution is 7.17. The van der Waals surface area contributed by atoms with Gasteiger partial charge in [-0.1, -0.05) is 129 Å². The van der Waals surface area contributed by atoms with E-state index in [1.807, 2.05) is 25.2 Å². The van der Waals surface area contributed by atoms with E-state index in [1.165, 1.54) is 48.6 Å². The molecule has 0 aliphatic carbocycles. The van der Waals surface area contributed by atoms with Gasteiger partial charge in [-0.05, 0) is 41.6 Å². The highest BCUT2D eigenvalue weighted by atomic mass is 32.1. The Labute approximate surface area is 224 Å². The number of aryl methyl sites for hydroxylation is 1. The predicted octanol–water partition coefficient (Wildman–Crippen LogP) is 11.0. The van der Waals surface area contributed by atoms with E-state index in [0.717, 1.165) is 5.69 Å². The van der Waals surface area contributed by atoms with E-state index in [0.29, 0.717) is 0 Å². The fourth-order valence-corrected chi connectivity index (χ4v) is 6.09. The third kappa shape index (κ3) is 4.81. The summed E-state index contributed by atoms with van der Waals surface area (Å²) in [7, 11) is 0. The third-order valence-electron chi connectivity index (χ3n) is 6.42. The number of hydrogen-bond donors (Lipinski definition) is 0. The first-order valence-electron chi connectivity index (χ1n) is 12.9. The lowest BCUT2D eigenvalue weighted by atomic mass is 9.95. The van der Waals surface area contributed by atoms with Crippen molar-refractivity contribution in [3.05, 3.63) is 138 Å². The molecule has 37 heavy (non-hydrogen) atoms. The first kappa shape index (κ1) is 24.5. The minimum absolute atomic E-state index is 1.15. The van der Waals surface area contributed by atoms with Crippen LogP contribution in [0.1, 0.15) is 18.7 Å². The van der Waals surface area contributed by atoms with Gasteiger partial charge in [-0.3, -0.25) is 0 Å². The van der Waals surface area contributed by atoms with Crippen LogP contribution in [0.15, 0.2) is 133 Å². The molecule has 0 atom stereocenters. The Morgan fingerprint density at radius 1 is 0.514 bits per heavy atom. The van der Waals surface area contributed by atoms with Crippen molar-refractivity contribution >= 4 is 38.5 Å². The lowest BCUT2D eigenvalue weighted by Gasteiger charge is -2.27. The van der Waals surface area contributed by atoms with Crippen LogP contribution in [0.3, 0.4) is 0 Å². The predicted molar refractivity (Wildman–Crippen MR) is 163 cm³/mol. The van der Waals surface area contributed by atoms with Crippen molar-refractivity contribution in [3.63, 3.8) is 0 Å². The van der Waals surface area contributed by atoms with Gasteiger partial charge in [-0.2, -0.15) is 0 Å². The number of benzene rings is 5. The summed E-state index contributed by atoms with van der Waals surface area (Å²) in [5, 5.41) is 3.71. The number of anilines is 3. The minimum Gasteiger partial charge on any atom is -0.301 e. The zero-order chi connectivity index (χ0) is 25.6. The van der Waals surface area contributed by atoms with E-state index in [2.05, 4.69) is 145 Å². The van der Waals surface area contributed by atoms with Gasteiger partial charge in [0.1, 0.15) is 5.00 Å². The van der Waals surface area contributed by atoms with Crippen LogP contribution < -0.4 is 4.90 Å². The number of nitrogens with zero attached hydrogens (tertiary/aromatic N) is 1. The highest BCUT2D eigenvalue weighted by Crippen LogP contribution is 2.52. The van der Waals surface area contributed by atoms with Crippen LogP contribution >= 0.6 is 11.3 Å². The molecule has 5 aromatic carbocycles. The molecule has 0 aliphatic rings. The van der Waals surface area contributed by atoms with Crippen LogP contribution in [0.4, 0.5) is 16.4 Å². The lowest BCUT2D eigenvalue weighted by Crippen LogP contribution is -2.10. The summed E-state index contributed by atoms with van der Waals surface area (Å²) in [5.74, 6) is 0. The second-order valence-corrected chi connectivity index (χ2v) is 9.82. The fourth-order valence-electron chi connectivity index (χ4n) is 4.86. The summed E-state index contributed by atoms with van der Waals surface area (Å²) in [6.45, 7) is 6.25. The molecule has 0 aliphatic heterocycles. The van der Waals surface area contributed by atoms with E-state index < -0.39 is 0 Å². The molecule has 1 nitrogen and oxygen atoms in total. The fraction of sp³-hybridized carbons (Fsp3) is 0.0857. The standard InChI is InChI=1S/C33H25NS.C2H6/c1-24-31(26-15-5-2-6-16-26)32(27-17-7-3-8-18-27)33(35-24)34(28-20-9-4-10-21-28)30-23-13-19-25-14-11-12-22-29(25)30;1-2/h2-23H,1H3;1-2H3. The molecule has 182 valence electrons. The average molecular weight is 498 g/mol. The molecule has 6 aromatic rings. The second kappa shape index (κ2) is 11.3. The van der Waals surface area contributed by atoms with Crippen LogP contribution in [-0.2, 0) is 0 Å². The van der Waals surface area contributed by atoms with Crippen molar-refractivity contribution in [1.82, 2.24) is 0 Å². The van der Waals surface area contributed by atoms with Crippen molar-refractivity contribution in [2.24, 2.45) is 0 Å². The summed E-state index contributed by atoms with van der Waals surface area (Å²) in [6, 6.07) is 47.5. The first-order chi connectivity index (χ1) is 18.3. The third-order valence-corrected chi connectivity index (χ3v) is 7.51. The minimum atomic E-state index is 1.15. The van der Waals surface area contributed by atoms with Crippen molar-refractivity contribution in [2.45, 2.75) is 20.8 Å². The molecule has 0 bridgehead atoms. The average Bonchev–Trinajstić information content (AvgIpc) is 3.32. The summed E-state index contributed by atoms with van der Waals surface area (Å²) in [4.78, 5) is 3.75. The van der Waals surface area contributed by atoms with Crippen LogP contribution in [0.2, 0.25) is 0 Å². The van der Waals surface area contributed by atoms with Gasteiger partial charge in [0.15, 0.2) is 0 Å². The number of hydrogen-bond acceptors (Lipinski definition) is 2. The van der Waals surface area contributed by atoms with E-state index in [-0.39, 0.29) is 0 Å². The van der Waals surface area contributed by atoms with Crippen LogP contribution in [0.5, 0.6) is 0 Å². The molecule has 0 amide bonds. The van der Waals surface area contributed by atoms with Gasteiger partial charge in [0.25, 0.3) is 0 Å². The Morgan fingerprint density at radius 3 is 1.68 bits per heavy atom. The van der Waals surface area contributed by atoms with E-state index in [4.69, 9.17) is 0 Å². The Hall–Kier alpha value is -4.14. The zero-order valence-electron chi connectivity index (χ0n) is 21.6. The first-order valence-corrected chi connectivity index (χ1v) is 13.7. The molecule has 2 heteroatoms. The maximum Gasteiger partial charge on any atom is 0.109 e. The molecule has 0 saturated heterocycles. The molecular weight excluding hydrogens is 466 g/mol. The molecule has 0 unspecified atom stereocenters. The molecule has 0 fully saturated rings. The lowest BCUT2D eigenvalue weighted by molar-refractivity contribution is 1.33. The molecule has 1 heterocycles. The number of rotatable bonds is 5. The molecule has 0 N–H and O–H groups in total. The zero-order valence-corrected chi connectivity index (χ0v) is 22.4. The maximum absolute atomic E-state index is 2.44. The number of para-hydroxylation sites is 1. The monoisotopic (exact) mass is 497 g/mol. The quantitative estimate of drug-likeness (QED) is 0.229. The topological polar surface area (TPSA) is 3.24 Å². The van der Waals surface area contributed by atoms with Gasteiger partial charge >= 0.3 is 0 Å². The molecule has 1 aromatic heterocycles. The summed E-state index contributed by atoms with van der Waals surface area (Å²) in [6.07, 6.45) is 0. The van der Waals surface area contributed by atoms with Crippen molar-refractivity contribution in [1.29, 1.82) is 0 Å². The van der Waals surface area contributed by atoms with Gasteiger partial charge in [-0.15, -0.1) is 11.3 Å². The molecule has 0 spiro atoms. The summed E-state index contributed by atoms with van der Waals surface area (Å²) < 4.78 is 0. The van der Waals surface area contributed by atoms with E-state index >= 15 is 0 Å². The number of fused-ring (bicyclic) bond motifs is 1. The smallest absolute Gasteiger partial charge is 0.109 e. The van der Waals surface area contributed by atoms with Gasteiger partial charge in [0.2, 0.25) is 0 Å². The molecular formula is C35H31NS. The van der Waals surface area contributed by atoms with Gasteiger partial charge in [0, 0.05) is 27.1 Å². The van der Waals surface area contributed by atoms with Crippen molar-refractivity contribution in [2.75, 3.05) is 4.90 Å². The normalized spacial score (nSPS) is 10.6. The van der Waals surface area contributed by atoms with Gasteiger partial charge in [-0.25, -0.2) is 0 Å². The Bertz CT molecular complexity index is 1580. The summed E-state index contributed by atoms with van der Waals surface area (Å²) in [5.41, 5.74) is 7.40. The van der Waals surface area contributed by atoms with Crippen LogP contribution in [0, 0.1) is 6.92 Å². The Balaban J connectivity index is 0.00000137. The number of thiophene rings is 1. The van der Waals surface area contributed by atoms with Crippen molar-refractivity contribution < 1.29 is 0 Å². The second-order valence-electron chi connectivity index (χ2n) is 8.61. The molecule has 0 saturated carbocycles. The van der Waals surface area contributed by atoms with E-state index in [9.17, 15) is 0 Å². The van der Waals surface area contributed by atoms with E-state index in [1.54, 1.807) is 0 Å². The van der Waals surface area contributed by atoms with Gasteiger partial charge in [0.05, 0.1) is 5.69 Å².